The van der Waals surface area contributed by atoms with Gasteiger partial charge < -0.3 is 10.7 Å². The highest BCUT2D eigenvalue weighted by Crippen LogP contribution is 2.36. The average molecular weight is 235 g/mol. The summed E-state index contributed by atoms with van der Waals surface area (Å²) in [5.74, 6) is 1.02. The lowest BCUT2D eigenvalue weighted by Crippen LogP contribution is -2.25. The van der Waals surface area contributed by atoms with Crippen LogP contribution in [0.4, 0.5) is 0 Å². The van der Waals surface area contributed by atoms with Gasteiger partial charge in [0.15, 0.2) is 0 Å². The Labute approximate surface area is 102 Å². The van der Waals surface area contributed by atoms with Crippen molar-refractivity contribution in [2.45, 2.75) is 57.9 Å². The van der Waals surface area contributed by atoms with Crippen molar-refractivity contribution in [2.24, 2.45) is 5.73 Å². The Kier molecular flexibility index (Phi) is 3.08. The summed E-state index contributed by atoms with van der Waals surface area (Å²) < 4.78 is 0. The van der Waals surface area contributed by atoms with Crippen LogP contribution in [0.15, 0.2) is 4.79 Å². The Balaban J connectivity index is 2.19. The van der Waals surface area contributed by atoms with Gasteiger partial charge in [-0.2, -0.15) is 0 Å². The highest BCUT2D eigenvalue weighted by Gasteiger charge is 2.37. The fourth-order valence-electron chi connectivity index (χ4n) is 1.98. The van der Waals surface area contributed by atoms with Gasteiger partial charge in [0, 0.05) is 22.7 Å². The maximum absolute atomic E-state index is 12.0. The van der Waals surface area contributed by atoms with Crippen molar-refractivity contribution in [3.05, 3.63) is 27.4 Å². The van der Waals surface area contributed by atoms with E-state index >= 15 is 0 Å². The maximum atomic E-state index is 12.0. The fourth-order valence-corrected chi connectivity index (χ4v) is 1.98. The summed E-state index contributed by atoms with van der Waals surface area (Å²) in [5, 5.41) is 0. The third kappa shape index (κ3) is 2.75. The summed E-state index contributed by atoms with van der Waals surface area (Å²) in [6.45, 7) is 5.96. The molecule has 2 rings (SSSR count). The van der Waals surface area contributed by atoms with E-state index in [9.17, 15) is 4.79 Å². The molecule has 3 N–H and O–H groups in total. The Hall–Kier alpha value is -1.16. The normalized spacial score (nSPS) is 17.5. The van der Waals surface area contributed by atoms with E-state index in [0.29, 0.717) is 0 Å². The van der Waals surface area contributed by atoms with Gasteiger partial charge >= 0.3 is 0 Å². The summed E-state index contributed by atoms with van der Waals surface area (Å²) in [7, 11) is 0. The third-order valence-electron chi connectivity index (χ3n) is 3.55. The van der Waals surface area contributed by atoms with Crippen LogP contribution in [0.2, 0.25) is 0 Å². The molecule has 1 aliphatic carbocycles. The summed E-state index contributed by atoms with van der Waals surface area (Å²) in [6.07, 6.45) is 3.80. The lowest BCUT2D eigenvalue weighted by molar-refractivity contribution is 0.602. The molecule has 17 heavy (non-hydrogen) atoms. The van der Waals surface area contributed by atoms with Crippen LogP contribution in [-0.2, 0) is 6.42 Å². The molecule has 0 unspecified atom stereocenters. The second-order valence-corrected chi connectivity index (χ2v) is 5.53. The molecule has 4 heteroatoms. The minimum absolute atomic E-state index is 0.00437. The molecule has 0 aliphatic heterocycles. The second-order valence-electron chi connectivity index (χ2n) is 5.53. The van der Waals surface area contributed by atoms with Crippen LogP contribution in [0.3, 0.4) is 0 Å². The van der Waals surface area contributed by atoms with Crippen LogP contribution >= 0.6 is 0 Å². The molecule has 0 bridgehead atoms. The highest BCUT2D eigenvalue weighted by molar-refractivity contribution is 5.19. The molecule has 0 radical (unpaired) electrons. The Morgan fingerprint density at radius 3 is 2.59 bits per heavy atom. The zero-order chi connectivity index (χ0) is 12.6. The van der Waals surface area contributed by atoms with Gasteiger partial charge in [-0.3, -0.25) is 4.79 Å². The van der Waals surface area contributed by atoms with Crippen molar-refractivity contribution >= 4 is 0 Å². The first-order chi connectivity index (χ1) is 7.91. The summed E-state index contributed by atoms with van der Waals surface area (Å²) in [6, 6.07) is 0. The maximum Gasteiger partial charge on any atom is 0.254 e. The molecule has 94 valence electrons. The molecule has 0 aromatic carbocycles. The van der Waals surface area contributed by atoms with E-state index in [2.05, 4.69) is 9.97 Å². The van der Waals surface area contributed by atoms with Gasteiger partial charge in [-0.05, 0) is 32.6 Å². The van der Waals surface area contributed by atoms with Crippen LogP contribution in [0.1, 0.15) is 56.1 Å². The van der Waals surface area contributed by atoms with Crippen molar-refractivity contribution in [1.82, 2.24) is 9.97 Å². The van der Waals surface area contributed by atoms with E-state index in [4.69, 9.17) is 5.73 Å². The van der Waals surface area contributed by atoms with Crippen LogP contribution in [0, 0.1) is 6.92 Å². The number of aromatic amines is 1. The number of aromatic nitrogens is 2. The summed E-state index contributed by atoms with van der Waals surface area (Å²) in [4.78, 5) is 19.3. The lowest BCUT2D eigenvalue weighted by atomic mass is 10.0. The van der Waals surface area contributed by atoms with Crippen molar-refractivity contribution in [1.29, 1.82) is 0 Å². The van der Waals surface area contributed by atoms with Crippen molar-refractivity contribution in [3.8, 4) is 0 Å². The van der Waals surface area contributed by atoms with E-state index in [1.54, 1.807) is 0 Å². The first kappa shape index (κ1) is 12.3. The van der Waals surface area contributed by atoms with Crippen LogP contribution in [0.5, 0.6) is 0 Å². The third-order valence-corrected chi connectivity index (χ3v) is 3.55. The van der Waals surface area contributed by atoms with Gasteiger partial charge in [-0.15, -0.1) is 0 Å². The minimum Gasteiger partial charge on any atom is -0.325 e. The fraction of sp³-hybridized carbons (Fsp3) is 0.692. The largest absolute Gasteiger partial charge is 0.325 e. The van der Waals surface area contributed by atoms with Crippen molar-refractivity contribution < 1.29 is 0 Å². The number of hydrogen-bond donors (Lipinski definition) is 2. The molecule has 1 aliphatic rings. The smallest absolute Gasteiger partial charge is 0.254 e. The minimum atomic E-state index is -0.00437. The van der Waals surface area contributed by atoms with Crippen molar-refractivity contribution in [2.75, 3.05) is 0 Å². The molecular weight excluding hydrogens is 214 g/mol. The second kappa shape index (κ2) is 4.26. The zero-order valence-electron chi connectivity index (χ0n) is 10.8. The number of aryl methyl sites for hydroxylation is 1. The first-order valence-electron chi connectivity index (χ1n) is 6.30. The quantitative estimate of drug-likeness (QED) is 0.833. The predicted octanol–water partition coefficient (Wildman–Crippen LogP) is 1.63. The molecule has 0 amide bonds. The van der Waals surface area contributed by atoms with Crippen LogP contribution < -0.4 is 11.3 Å². The van der Waals surface area contributed by atoms with Gasteiger partial charge in [0.05, 0.1) is 0 Å². The Morgan fingerprint density at radius 1 is 1.47 bits per heavy atom. The molecule has 1 fully saturated rings. The lowest BCUT2D eigenvalue weighted by Gasteiger charge is -2.11. The van der Waals surface area contributed by atoms with E-state index in [1.165, 1.54) is 0 Å². The summed E-state index contributed by atoms with van der Waals surface area (Å²) >= 11 is 0. The van der Waals surface area contributed by atoms with Crippen molar-refractivity contribution in [3.63, 3.8) is 0 Å². The molecule has 1 heterocycles. The first-order valence-corrected chi connectivity index (χ1v) is 6.30. The van der Waals surface area contributed by atoms with Crippen LogP contribution in [0.25, 0.3) is 0 Å². The van der Waals surface area contributed by atoms with E-state index in [-0.39, 0.29) is 17.0 Å². The van der Waals surface area contributed by atoms with Gasteiger partial charge in [-0.25, -0.2) is 4.98 Å². The van der Waals surface area contributed by atoms with Crippen LogP contribution in [-0.4, -0.2) is 15.5 Å². The topological polar surface area (TPSA) is 71.8 Å². The molecule has 0 spiro atoms. The number of rotatable bonds is 4. The highest BCUT2D eigenvalue weighted by atomic mass is 16.1. The number of hydrogen-bond acceptors (Lipinski definition) is 3. The number of nitrogens with zero attached hydrogens (tertiary/aromatic N) is 1. The van der Waals surface area contributed by atoms with Gasteiger partial charge in [-0.1, -0.05) is 13.8 Å². The summed E-state index contributed by atoms with van der Waals surface area (Å²) in [5.41, 5.74) is 7.69. The molecule has 1 aromatic heterocycles. The molecule has 1 saturated carbocycles. The number of nitrogens with two attached hydrogens (primary N) is 1. The van der Waals surface area contributed by atoms with Gasteiger partial charge in [0.2, 0.25) is 0 Å². The van der Waals surface area contributed by atoms with E-state index in [1.807, 2.05) is 20.8 Å². The zero-order valence-corrected chi connectivity index (χ0v) is 10.8. The molecule has 1 aromatic rings. The Bertz CT molecular complexity index is 472. The number of H-pyrrole nitrogens is 1. The standard InChI is InChI=1S/C13H21N3O/c1-8(2)11-15-9(3)10(12(17)16-11)4-5-13(14)6-7-13/h8H,4-7,14H2,1-3H3,(H,15,16,17). The SMILES string of the molecule is Cc1nc(C(C)C)[nH]c(=O)c1CCC1(N)CC1. The van der Waals surface area contributed by atoms with Gasteiger partial charge in [0.25, 0.3) is 5.56 Å². The van der Waals surface area contributed by atoms with E-state index in [0.717, 1.165) is 42.8 Å². The Morgan fingerprint density at radius 2 is 2.12 bits per heavy atom. The number of nitrogens with one attached hydrogen (secondary N) is 1. The van der Waals surface area contributed by atoms with Gasteiger partial charge in [0.1, 0.15) is 5.82 Å². The molecule has 0 saturated heterocycles. The predicted molar refractivity (Wildman–Crippen MR) is 68.2 cm³/mol. The monoisotopic (exact) mass is 235 g/mol. The molecule has 4 nitrogen and oxygen atoms in total. The van der Waals surface area contributed by atoms with E-state index < -0.39 is 0 Å². The average Bonchev–Trinajstić information content (AvgIpc) is 2.95. The molecular formula is C13H21N3O. The molecule has 0 atom stereocenters.